The minimum Gasteiger partial charge on any atom is -0.494 e. The van der Waals surface area contributed by atoms with Crippen LogP contribution in [0.25, 0.3) is 0 Å². The molecule has 0 aliphatic heterocycles. The van der Waals surface area contributed by atoms with Crippen molar-refractivity contribution in [3.63, 3.8) is 0 Å². The van der Waals surface area contributed by atoms with Gasteiger partial charge in [0.2, 0.25) is 5.88 Å². The summed E-state index contributed by atoms with van der Waals surface area (Å²) in [7, 11) is 0. The van der Waals surface area contributed by atoms with Crippen LogP contribution in [0, 0.1) is 6.92 Å². The number of nitrogens with zero attached hydrogens (tertiary/aromatic N) is 2. The normalized spacial score (nSPS) is 12.3. The molecule has 1 unspecified atom stereocenters. The summed E-state index contributed by atoms with van der Waals surface area (Å²) in [6.45, 7) is 3.22. The van der Waals surface area contributed by atoms with E-state index in [1.165, 1.54) is 6.92 Å². The van der Waals surface area contributed by atoms with Gasteiger partial charge in [-0.15, -0.1) is 0 Å². The number of H-pyrrole nitrogens is 1. The van der Waals surface area contributed by atoms with Crippen LogP contribution in [0.15, 0.2) is 34.1 Å². The highest BCUT2D eigenvalue weighted by molar-refractivity contribution is 5.24. The number of hydrogen-bond donors (Lipinski definition) is 2. The molecule has 2 heterocycles. The molecule has 0 spiro atoms. The lowest BCUT2D eigenvalue weighted by molar-refractivity contribution is 0.384. The van der Waals surface area contributed by atoms with Gasteiger partial charge in [-0.1, -0.05) is 0 Å². The molecule has 0 aromatic carbocycles. The lowest BCUT2D eigenvalue weighted by atomic mass is 10.1. The van der Waals surface area contributed by atoms with Crippen molar-refractivity contribution in [2.24, 2.45) is 0 Å². The maximum Gasteiger partial charge on any atom is 0.331 e. The van der Waals surface area contributed by atoms with Crippen LogP contribution in [0.4, 0.5) is 0 Å². The molecule has 18 heavy (non-hydrogen) atoms. The summed E-state index contributed by atoms with van der Waals surface area (Å²) in [5.74, 6) is -0.312. The van der Waals surface area contributed by atoms with Crippen molar-refractivity contribution in [3.05, 3.63) is 56.5 Å². The van der Waals surface area contributed by atoms with Crippen LogP contribution in [0.3, 0.4) is 0 Å². The molecular weight excluding hydrogens is 234 g/mol. The number of aromatic amines is 1. The molecule has 1 atom stereocenters. The van der Waals surface area contributed by atoms with Crippen LogP contribution in [-0.4, -0.2) is 19.6 Å². The van der Waals surface area contributed by atoms with Gasteiger partial charge in [0.1, 0.15) is 0 Å². The molecular formula is C12H13N3O3. The van der Waals surface area contributed by atoms with E-state index in [1.54, 1.807) is 31.5 Å². The van der Waals surface area contributed by atoms with Gasteiger partial charge in [-0.3, -0.25) is 19.3 Å². The van der Waals surface area contributed by atoms with Crippen LogP contribution in [0.2, 0.25) is 0 Å². The fourth-order valence-electron chi connectivity index (χ4n) is 1.78. The molecule has 2 N–H and O–H groups in total. The summed E-state index contributed by atoms with van der Waals surface area (Å²) in [5, 5.41) is 9.92. The molecule has 0 aliphatic carbocycles. The third-order valence-corrected chi connectivity index (χ3v) is 2.92. The summed E-state index contributed by atoms with van der Waals surface area (Å²) in [6.07, 6.45) is 3.21. The van der Waals surface area contributed by atoms with E-state index in [4.69, 9.17) is 0 Å². The second-order valence-corrected chi connectivity index (χ2v) is 4.03. The fourth-order valence-corrected chi connectivity index (χ4v) is 1.78. The second kappa shape index (κ2) is 4.48. The quantitative estimate of drug-likeness (QED) is 0.811. The van der Waals surface area contributed by atoms with Crippen molar-refractivity contribution >= 4 is 0 Å². The van der Waals surface area contributed by atoms with Crippen molar-refractivity contribution in [2.75, 3.05) is 0 Å². The van der Waals surface area contributed by atoms with Crippen LogP contribution < -0.4 is 11.2 Å². The zero-order valence-electron chi connectivity index (χ0n) is 10.0. The van der Waals surface area contributed by atoms with Gasteiger partial charge in [-0.2, -0.15) is 0 Å². The predicted molar refractivity (Wildman–Crippen MR) is 65.8 cm³/mol. The Labute approximate surface area is 103 Å². The van der Waals surface area contributed by atoms with Gasteiger partial charge in [0.15, 0.2) is 0 Å². The number of aromatic hydroxyl groups is 1. The van der Waals surface area contributed by atoms with Gasteiger partial charge < -0.3 is 5.11 Å². The monoisotopic (exact) mass is 247 g/mol. The van der Waals surface area contributed by atoms with Crippen molar-refractivity contribution < 1.29 is 5.11 Å². The zero-order valence-corrected chi connectivity index (χ0v) is 10.0. The third-order valence-electron chi connectivity index (χ3n) is 2.92. The van der Waals surface area contributed by atoms with Gasteiger partial charge >= 0.3 is 5.69 Å². The summed E-state index contributed by atoms with van der Waals surface area (Å²) >= 11 is 0. The van der Waals surface area contributed by atoms with E-state index in [9.17, 15) is 14.7 Å². The van der Waals surface area contributed by atoms with Crippen LogP contribution in [0.5, 0.6) is 5.88 Å². The SMILES string of the molecule is Cc1c(O)n(C(C)c2ccncc2)c(=O)[nH]c1=O. The smallest absolute Gasteiger partial charge is 0.331 e. The van der Waals surface area contributed by atoms with E-state index in [0.717, 1.165) is 10.1 Å². The minimum atomic E-state index is -0.632. The van der Waals surface area contributed by atoms with Crippen LogP contribution in [-0.2, 0) is 0 Å². The zero-order chi connectivity index (χ0) is 13.3. The third kappa shape index (κ3) is 1.92. The van der Waals surface area contributed by atoms with Crippen molar-refractivity contribution in [2.45, 2.75) is 19.9 Å². The van der Waals surface area contributed by atoms with E-state index in [2.05, 4.69) is 9.97 Å². The Morgan fingerprint density at radius 3 is 2.56 bits per heavy atom. The van der Waals surface area contributed by atoms with E-state index >= 15 is 0 Å². The van der Waals surface area contributed by atoms with Crippen molar-refractivity contribution in [3.8, 4) is 5.88 Å². The number of pyridine rings is 1. The average Bonchev–Trinajstić information content (AvgIpc) is 2.37. The maximum atomic E-state index is 11.8. The highest BCUT2D eigenvalue weighted by Gasteiger charge is 2.16. The molecule has 2 aromatic rings. The molecule has 6 nitrogen and oxygen atoms in total. The fraction of sp³-hybridized carbons (Fsp3) is 0.250. The van der Waals surface area contributed by atoms with Crippen molar-refractivity contribution in [1.29, 1.82) is 0 Å². The van der Waals surface area contributed by atoms with Gasteiger partial charge in [0.05, 0.1) is 11.6 Å². The number of aromatic nitrogens is 3. The minimum absolute atomic E-state index is 0.121. The van der Waals surface area contributed by atoms with Crippen LogP contribution in [0.1, 0.15) is 24.1 Å². The Balaban J connectivity index is 2.63. The van der Waals surface area contributed by atoms with E-state index < -0.39 is 17.3 Å². The largest absolute Gasteiger partial charge is 0.494 e. The molecule has 0 aliphatic rings. The molecule has 0 fully saturated rings. The van der Waals surface area contributed by atoms with E-state index in [-0.39, 0.29) is 11.4 Å². The first-order valence-corrected chi connectivity index (χ1v) is 5.46. The summed E-state index contributed by atoms with van der Waals surface area (Å²) < 4.78 is 1.14. The second-order valence-electron chi connectivity index (χ2n) is 4.03. The molecule has 6 heteroatoms. The van der Waals surface area contributed by atoms with E-state index in [0.29, 0.717) is 0 Å². The first-order valence-electron chi connectivity index (χ1n) is 5.46. The lowest BCUT2D eigenvalue weighted by Gasteiger charge is -2.17. The van der Waals surface area contributed by atoms with Gasteiger partial charge in [0.25, 0.3) is 5.56 Å². The van der Waals surface area contributed by atoms with Gasteiger partial charge in [-0.05, 0) is 31.5 Å². The molecule has 0 bridgehead atoms. The lowest BCUT2D eigenvalue weighted by Crippen LogP contribution is -2.33. The molecule has 2 rings (SSSR count). The first kappa shape index (κ1) is 12.1. The molecule has 2 aromatic heterocycles. The predicted octanol–water partition coefficient (Wildman–Crippen LogP) is 0.555. The Bertz CT molecular complexity index is 673. The summed E-state index contributed by atoms with van der Waals surface area (Å²) in [4.78, 5) is 29.2. The van der Waals surface area contributed by atoms with Crippen LogP contribution >= 0.6 is 0 Å². The van der Waals surface area contributed by atoms with Crippen molar-refractivity contribution in [1.82, 2.24) is 14.5 Å². The number of hydrogen-bond acceptors (Lipinski definition) is 4. The highest BCUT2D eigenvalue weighted by atomic mass is 16.3. The molecule has 0 saturated heterocycles. The first-order chi connectivity index (χ1) is 8.52. The Hall–Kier alpha value is -2.37. The Morgan fingerprint density at radius 2 is 1.94 bits per heavy atom. The van der Waals surface area contributed by atoms with Gasteiger partial charge in [0, 0.05) is 12.4 Å². The summed E-state index contributed by atoms with van der Waals surface area (Å²) in [5.41, 5.74) is -0.271. The van der Waals surface area contributed by atoms with Gasteiger partial charge in [-0.25, -0.2) is 4.79 Å². The molecule has 0 amide bonds. The topological polar surface area (TPSA) is 88.0 Å². The highest BCUT2D eigenvalue weighted by Crippen LogP contribution is 2.20. The maximum absolute atomic E-state index is 11.8. The van der Waals surface area contributed by atoms with E-state index in [1.807, 2.05) is 0 Å². The Kier molecular flexibility index (Phi) is 3.01. The Morgan fingerprint density at radius 1 is 1.33 bits per heavy atom. The number of rotatable bonds is 2. The average molecular weight is 247 g/mol. The standard InChI is InChI=1S/C12H13N3O3/c1-7-10(16)14-12(18)15(11(7)17)8(2)9-3-5-13-6-4-9/h3-6,8,17H,1-2H3,(H,14,16,18). The molecule has 0 radical (unpaired) electrons. The molecule has 94 valence electrons. The summed E-state index contributed by atoms with van der Waals surface area (Å²) in [6, 6.07) is 3.10. The molecule has 0 saturated carbocycles. The number of nitrogens with one attached hydrogen (secondary N) is 1.